The number of ether oxygens (including phenoxy) is 2. The maximum Gasteiger partial charge on any atom is 0.342 e. The third kappa shape index (κ3) is 5.75. The summed E-state index contributed by atoms with van der Waals surface area (Å²) in [6, 6.07) is 2.16. The fraction of sp³-hybridized carbons (Fsp3) is 0.500. The first-order valence-corrected chi connectivity index (χ1v) is 9.15. The van der Waals surface area contributed by atoms with Crippen LogP contribution in [0.2, 0.25) is 5.02 Å². The van der Waals surface area contributed by atoms with E-state index in [9.17, 15) is 14.4 Å². The Labute approximate surface area is 162 Å². The van der Waals surface area contributed by atoms with Crippen LogP contribution in [0.4, 0.5) is 10.5 Å². The Morgan fingerprint density at radius 3 is 2.52 bits per heavy atom. The molecule has 0 saturated heterocycles. The highest BCUT2D eigenvalue weighted by atomic mass is 35.5. The topological polar surface area (TPSA) is 120 Å². The van der Waals surface area contributed by atoms with Gasteiger partial charge in [0.1, 0.15) is 11.3 Å². The van der Waals surface area contributed by atoms with Crippen LogP contribution in [0.5, 0.6) is 5.75 Å². The van der Waals surface area contributed by atoms with Gasteiger partial charge in [-0.3, -0.25) is 10.1 Å². The molecule has 0 aromatic heterocycles. The monoisotopic (exact) mass is 397 g/mol. The van der Waals surface area contributed by atoms with Gasteiger partial charge in [0.05, 0.1) is 17.8 Å². The zero-order chi connectivity index (χ0) is 20.0. The second-order valence-electron chi connectivity index (χ2n) is 6.42. The minimum atomic E-state index is -1.18. The van der Waals surface area contributed by atoms with Gasteiger partial charge in [0.15, 0.2) is 6.10 Å². The Hall–Kier alpha value is -2.48. The minimum Gasteiger partial charge on any atom is -0.496 e. The average Bonchev–Trinajstić information content (AvgIpc) is 2.64. The lowest BCUT2D eigenvalue weighted by atomic mass is 9.96. The van der Waals surface area contributed by atoms with Crippen molar-refractivity contribution in [3.8, 4) is 5.75 Å². The molecule has 1 atom stereocenters. The molecular weight excluding hydrogens is 374 g/mol. The largest absolute Gasteiger partial charge is 0.496 e. The van der Waals surface area contributed by atoms with Crippen LogP contribution in [0.25, 0.3) is 0 Å². The summed E-state index contributed by atoms with van der Waals surface area (Å²) in [5.41, 5.74) is 5.95. The van der Waals surface area contributed by atoms with E-state index < -0.39 is 24.0 Å². The van der Waals surface area contributed by atoms with E-state index in [1.807, 2.05) is 0 Å². The molecule has 4 N–H and O–H groups in total. The summed E-state index contributed by atoms with van der Waals surface area (Å²) in [7, 11) is 1.37. The Morgan fingerprint density at radius 2 is 1.89 bits per heavy atom. The van der Waals surface area contributed by atoms with Crippen LogP contribution < -0.4 is 21.1 Å². The number of esters is 1. The summed E-state index contributed by atoms with van der Waals surface area (Å²) in [4.78, 5) is 36.4. The quantitative estimate of drug-likeness (QED) is 0.519. The van der Waals surface area contributed by atoms with Crippen molar-refractivity contribution >= 4 is 35.2 Å². The van der Waals surface area contributed by atoms with E-state index in [-0.39, 0.29) is 28.1 Å². The number of nitrogen functional groups attached to an aromatic ring is 1. The average molecular weight is 398 g/mol. The number of rotatable bonds is 5. The normalized spacial score (nSPS) is 15.5. The molecule has 1 aliphatic rings. The van der Waals surface area contributed by atoms with Crippen molar-refractivity contribution in [2.75, 3.05) is 12.8 Å². The van der Waals surface area contributed by atoms with E-state index in [2.05, 4.69) is 10.6 Å². The van der Waals surface area contributed by atoms with Gasteiger partial charge in [0.2, 0.25) is 0 Å². The second-order valence-corrected chi connectivity index (χ2v) is 6.83. The van der Waals surface area contributed by atoms with Gasteiger partial charge in [0, 0.05) is 12.1 Å². The molecule has 0 unspecified atom stereocenters. The number of urea groups is 1. The molecule has 1 aromatic carbocycles. The fourth-order valence-electron chi connectivity index (χ4n) is 2.86. The molecule has 0 spiro atoms. The van der Waals surface area contributed by atoms with Crippen molar-refractivity contribution in [2.45, 2.75) is 51.2 Å². The molecule has 1 saturated carbocycles. The maximum atomic E-state index is 12.3. The molecular formula is C18H24ClN3O5. The van der Waals surface area contributed by atoms with Gasteiger partial charge >= 0.3 is 12.0 Å². The number of halogens is 1. The Kier molecular flexibility index (Phi) is 7.29. The van der Waals surface area contributed by atoms with E-state index in [0.717, 1.165) is 32.1 Å². The number of hydrogen-bond donors (Lipinski definition) is 3. The molecule has 0 bridgehead atoms. The molecule has 1 fully saturated rings. The van der Waals surface area contributed by atoms with Crippen LogP contribution in [-0.4, -0.2) is 37.2 Å². The highest BCUT2D eigenvalue weighted by Crippen LogP contribution is 2.29. The smallest absolute Gasteiger partial charge is 0.342 e. The number of carbonyl (C=O) groups is 3. The lowest BCUT2D eigenvalue weighted by molar-refractivity contribution is -0.127. The van der Waals surface area contributed by atoms with Crippen molar-refractivity contribution < 1.29 is 23.9 Å². The summed E-state index contributed by atoms with van der Waals surface area (Å²) in [6.45, 7) is 1.37. The maximum absolute atomic E-state index is 12.3. The zero-order valence-corrected chi connectivity index (χ0v) is 16.1. The number of hydrogen-bond acceptors (Lipinski definition) is 6. The molecule has 0 radical (unpaired) electrons. The number of anilines is 1. The van der Waals surface area contributed by atoms with Gasteiger partial charge in [0.25, 0.3) is 5.91 Å². The molecule has 0 aliphatic heterocycles. The van der Waals surface area contributed by atoms with Crippen molar-refractivity contribution in [3.63, 3.8) is 0 Å². The van der Waals surface area contributed by atoms with Gasteiger partial charge in [-0.25, -0.2) is 9.59 Å². The second kappa shape index (κ2) is 9.45. The molecule has 9 heteroatoms. The number of methoxy groups -OCH3 is 1. The summed E-state index contributed by atoms with van der Waals surface area (Å²) in [5.74, 6) is -1.37. The third-order valence-corrected chi connectivity index (χ3v) is 4.70. The molecule has 148 valence electrons. The van der Waals surface area contributed by atoms with Gasteiger partial charge in [-0.15, -0.1) is 0 Å². The Balaban J connectivity index is 1.92. The standard InChI is InChI=1S/C18H24ClN3O5/c1-10(16(23)22-18(25)21-11-6-4-3-5-7-11)27-17(24)12-8-13(19)14(20)9-15(12)26-2/h8-11H,3-7,20H2,1-2H3,(H2,21,22,23,25)/t10-/m1/s1. The van der Waals surface area contributed by atoms with Gasteiger partial charge < -0.3 is 20.5 Å². The van der Waals surface area contributed by atoms with Crippen molar-refractivity contribution in [1.82, 2.24) is 10.6 Å². The van der Waals surface area contributed by atoms with E-state index >= 15 is 0 Å². The highest BCUT2D eigenvalue weighted by Gasteiger charge is 2.24. The van der Waals surface area contributed by atoms with Gasteiger partial charge in [-0.05, 0) is 25.8 Å². The first-order chi connectivity index (χ1) is 12.8. The van der Waals surface area contributed by atoms with Gasteiger partial charge in [-0.2, -0.15) is 0 Å². The number of imide groups is 1. The van der Waals surface area contributed by atoms with Crippen molar-refractivity contribution in [1.29, 1.82) is 0 Å². The molecule has 1 aliphatic carbocycles. The zero-order valence-electron chi connectivity index (χ0n) is 15.3. The number of benzene rings is 1. The molecule has 0 heterocycles. The van der Waals surface area contributed by atoms with Crippen LogP contribution in [-0.2, 0) is 9.53 Å². The van der Waals surface area contributed by atoms with Crippen LogP contribution in [0.1, 0.15) is 49.4 Å². The predicted molar refractivity (Wildman–Crippen MR) is 101 cm³/mol. The fourth-order valence-corrected chi connectivity index (χ4v) is 3.02. The molecule has 3 amide bonds. The lowest BCUT2D eigenvalue weighted by Gasteiger charge is -2.23. The number of amides is 3. The third-order valence-electron chi connectivity index (χ3n) is 4.37. The van der Waals surface area contributed by atoms with E-state index in [0.29, 0.717) is 0 Å². The van der Waals surface area contributed by atoms with Crippen LogP contribution >= 0.6 is 11.6 Å². The van der Waals surface area contributed by atoms with Crippen LogP contribution in [0.3, 0.4) is 0 Å². The van der Waals surface area contributed by atoms with E-state index in [1.54, 1.807) is 0 Å². The summed E-state index contributed by atoms with van der Waals surface area (Å²) in [5, 5.41) is 5.11. The number of carbonyl (C=O) groups excluding carboxylic acids is 3. The van der Waals surface area contributed by atoms with Crippen LogP contribution in [0, 0.1) is 0 Å². The molecule has 8 nitrogen and oxygen atoms in total. The summed E-state index contributed by atoms with van der Waals surface area (Å²) < 4.78 is 10.2. The van der Waals surface area contributed by atoms with E-state index in [4.69, 9.17) is 26.8 Å². The summed E-state index contributed by atoms with van der Waals surface area (Å²) in [6.07, 6.45) is 3.87. The SMILES string of the molecule is COc1cc(N)c(Cl)cc1C(=O)O[C@H](C)C(=O)NC(=O)NC1CCCCC1. The summed E-state index contributed by atoms with van der Waals surface area (Å²) >= 11 is 5.93. The Morgan fingerprint density at radius 1 is 1.22 bits per heavy atom. The Bertz CT molecular complexity index is 719. The molecule has 2 rings (SSSR count). The first kappa shape index (κ1) is 20.8. The molecule has 1 aromatic rings. The van der Waals surface area contributed by atoms with Crippen molar-refractivity contribution in [2.24, 2.45) is 0 Å². The van der Waals surface area contributed by atoms with Crippen molar-refractivity contribution in [3.05, 3.63) is 22.7 Å². The predicted octanol–water partition coefficient (Wildman–Crippen LogP) is 2.63. The highest BCUT2D eigenvalue weighted by molar-refractivity contribution is 6.33. The lowest BCUT2D eigenvalue weighted by Crippen LogP contribution is -2.48. The van der Waals surface area contributed by atoms with E-state index in [1.165, 1.54) is 26.2 Å². The van der Waals surface area contributed by atoms with Gasteiger partial charge in [-0.1, -0.05) is 30.9 Å². The first-order valence-electron chi connectivity index (χ1n) is 8.77. The van der Waals surface area contributed by atoms with Crippen LogP contribution in [0.15, 0.2) is 12.1 Å². The number of nitrogens with two attached hydrogens (primary N) is 1. The number of nitrogens with one attached hydrogen (secondary N) is 2. The molecule has 27 heavy (non-hydrogen) atoms. The minimum absolute atomic E-state index is 0.0306.